The Bertz CT molecular complexity index is 349. The Morgan fingerprint density at radius 3 is 2.44 bits per heavy atom. The average molecular weight is 228 g/mol. The summed E-state index contributed by atoms with van der Waals surface area (Å²) >= 11 is 0. The molecule has 88 valence electrons. The lowest BCUT2D eigenvalue weighted by Gasteiger charge is -2.19. The van der Waals surface area contributed by atoms with Crippen LogP contribution in [0.3, 0.4) is 0 Å². The smallest absolute Gasteiger partial charge is 0.304 e. The van der Waals surface area contributed by atoms with Crippen molar-refractivity contribution < 1.29 is 28.6 Å². The van der Waals surface area contributed by atoms with Crippen LogP contribution in [0.2, 0.25) is 0 Å². The van der Waals surface area contributed by atoms with Crippen molar-refractivity contribution in [3.63, 3.8) is 0 Å². The molecule has 1 saturated carbocycles. The van der Waals surface area contributed by atoms with Crippen LogP contribution in [0.4, 0.5) is 0 Å². The summed E-state index contributed by atoms with van der Waals surface area (Å²) in [7, 11) is 0. The number of rotatable bonds is 2. The van der Waals surface area contributed by atoms with Gasteiger partial charge in [-0.1, -0.05) is 0 Å². The molecule has 2 aliphatic rings. The first kappa shape index (κ1) is 11.1. The zero-order chi connectivity index (χ0) is 11.9. The molecule has 2 bridgehead atoms. The number of carbonyl (C=O) groups excluding carboxylic acids is 3. The van der Waals surface area contributed by atoms with E-state index < -0.39 is 30.4 Å². The highest BCUT2D eigenvalue weighted by molar-refractivity contribution is 5.88. The Hall–Kier alpha value is -1.43. The van der Waals surface area contributed by atoms with E-state index in [1.807, 2.05) is 0 Å². The van der Waals surface area contributed by atoms with E-state index in [9.17, 15) is 14.4 Å². The van der Waals surface area contributed by atoms with Crippen molar-refractivity contribution in [2.45, 2.75) is 38.8 Å². The second-order valence-electron chi connectivity index (χ2n) is 3.94. The van der Waals surface area contributed by atoms with E-state index in [4.69, 9.17) is 14.2 Å². The summed E-state index contributed by atoms with van der Waals surface area (Å²) in [4.78, 5) is 33.1. The Kier molecular flexibility index (Phi) is 2.67. The molecule has 0 aromatic rings. The molecule has 6 nitrogen and oxygen atoms in total. The molecular weight excluding hydrogens is 216 g/mol. The van der Waals surface area contributed by atoms with Gasteiger partial charge in [0.25, 0.3) is 0 Å². The first-order valence-corrected chi connectivity index (χ1v) is 5.01. The van der Waals surface area contributed by atoms with E-state index in [1.54, 1.807) is 0 Å². The predicted octanol–water partition coefficient (Wildman–Crippen LogP) is -0.205. The van der Waals surface area contributed by atoms with Crippen LogP contribution < -0.4 is 0 Å². The normalized spacial score (nSPS) is 36.2. The van der Waals surface area contributed by atoms with Crippen molar-refractivity contribution in [2.24, 2.45) is 5.92 Å². The Morgan fingerprint density at radius 1 is 1.25 bits per heavy atom. The maximum atomic E-state index is 11.4. The van der Waals surface area contributed by atoms with E-state index in [0.29, 0.717) is 0 Å². The molecule has 0 amide bonds. The summed E-state index contributed by atoms with van der Waals surface area (Å²) in [5, 5.41) is 0. The van der Waals surface area contributed by atoms with Crippen LogP contribution in [0, 0.1) is 5.92 Å². The number of ether oxygens (including phenoxy) is 3. The van der Waals surface area contributed by atoms with Gasteiger partial charge in [-0.2, -0.15) is 0 Å². The molecule has 1 unspecified atom stereocenters. The minimum atomic E-state index is -0.779. The number of esters is 2. The Morgan fingerprint density at radius 2 is 1.88 bits per heavy atom. The molecule has 6 heteroatoms. The molecule has 0 spiro atoms. The van der Waals surface area contributed by atoms with Crippen LogP contribution in [0.15, 0.2) is 0 Å². The highest BCUT2D eigenvalue weighted by Crippen LogP contribution is 2.40. The lowest BCUT2D eigenvalue weighted by Crippen LogP contribution is -2.30. The molecule has 2 fully saturated rings. The molecule has 1 saturated heterocycles. The van der Waals surface area contributed by atoms with Gasteiger partial charge in [-0.3, -0.25) is 14.4 Å². The third-order valence-electron chi connectivity index (χ3n) is 2.69. The number of hydrogen-bond acceptors (Lipinski definition) is 6. The average Bonchev–Trinajstić information content (AvgIpc) is 2.57. The molecule has 0 radical (unpaired) electrons. The van der Waals surface area contributed by atoms with E-state index in [0.717, 1.165) is 0 Å². The minimum absolute atomic E-state index is 0.111. The van der Waals surface area contributed by atoms with E-state index >= 15 is 0 Å². The van der Waals surface area contributed by atoms with Crippen LogP contribution in [0.25, 0.3) is 0 Å². The Balaban J connectivity index is 2.08. The predicted molar refractivity (Wildman–Crippen MR) is 49.1 cm³/mol. The minimum Gasteiger partial charge on any atom is -0.459 e. The lowest BCUT2D eigenvalue weighted by atomic mass is 10.1. The molecule has 0 N–H and O–H groups in total. The van der Waals surface area contributed by atoms with Gasteiger partial charge < -0.3 is 14.2 Å². The zero-order valence-electron chi connectivity index (χ0n) is 8.97. The van der Waals surface area contributed by atoms with Crippen molar-refractivity contribution in [3.8, 4) is 0 Å². The first-order valence-electron chi connectivity index (χ1n) is 5.01. The van der Waals surface area contributed by atoms with Crippen LogP contribution in [-0.4, -0.2) is 36.2 Å². The van der Waals surface area contributed by atoms with Crippen LogP contribution in [0.1, 0.15) is 20.3 Å². The summed E-state index contributed by atoms with van der Waals surface area (Å²) in [5.74, 6) is -1.43. The zero-order valence-corrected chi connectivity index (χ0v) is 8.97. The van der Waals surface area contributed by atoms with Crippen molar-refractivity contribution in [1.29, 1.82) is 0 Å². The fourth-order valence-electron chi connectivity index (χ4n) is 2.14. The third-order valence-corrected chi connectivity index (χ3v) is 2.69. The second-order valence-corrected chi connectivity index (χ2v) is 3.94. The number of hydrogen-bond donors (Lipinski definition) is 0. The summed E-state index contributed by atoms with van der Waals surface area (Å²) in [6, 6.07) is 0. The summed E-state index contributed by atoms with van der Waals surface area (Å²) in [6.07, 6.45) is -1.95. The molecule has 16 heavy (non-hydrogen) atoms. The van der Waals surface area contributed by atoms with Gasteiger partial charge in [0.15, 0.2) is 11.9 Å². The van der Waals surface area contributed by atoms with Crippen molar-refractivity contribution in [3.05, 3.63) is 0 Å². The van der Waals surface area contributed by atoms with Crippen molar-refractivity contribution in [1.82, 2.24) is 0 Å². The van der Waals surface area contributed by atoms with Gasteiger partial charge in [-0.15, -0.1) is 0 Å². The summed E-state index contributed by atoms with van der Waals surface area (Å²) in [6.45, 7) is 2.53. The van der Waals surface area contributed by atoms with Crippen LogP contribution in [0.5, 0.6) is 0 Å². The monoisotopic (exact) mass is 228 g/mol. The Labute approximate surface area is 91.8 Å². The maximum Gasteiger partial charge on any atom is 0.304 e. The maximum absolute atomic E-state index is 11.4. The summed E-state index contributed by atoms with van der Waals surface area (Å²) in [5.41, 5.74) is 0. The van der Waals surface area contributed by atoms with E-state index in [1.165, 1.54) is 13.8 Å². The number of Topliss-reactive ketones (excluding diaryl/α,β-unsaturated/α-hetero) is 1. The van der Waals surface area contributed by atoms with Gasteiger partial charge in [0.2, 0.25) is 6.29 Å². The first-order chi connectivity index (χ1) is 7.49. The van der Waals surface area contributed by atoms with Crippen molar-refractivity contribution >= 4 is 17.7 Å². The second kappa shape index (κ2) is 3.86. The van der Waals surface area contributed by atoms with E-state index in [2.05, 4.69) is 0 Å². The topological polar surface area (TPSA) is 78.9 Å². The SMILES string of the molecule is CC(=O)OC1[C@H]2CC(=O)[C@@H]1O[C@H]2OC(C)=O. The van der Waals surface area contributed by atoms with Gasteiger partial charge in [-0.05, 0) is 0 Å². The van der Waals surface area contributed by atoms with Gasteiger partial charge in [0.05, 0.1) is 5.92 Å². The molecule has 1 heterocycles. The van der Waals surface area contributed by atoms with Gasteiger partial charge in [-0.25, -0.2) is 0 Å². The molecule has 1 aliphatic carbocycles. The highest BCUT2D eigenvalue weighted by atomic mass is 16.7. The lowest BCUT2D eigenvalue weighted by molar-refractivity contribution is -0.188. The fourth-order valence-corrected chi connectivity index (χ4v) is 2.14. The van der Waals surface area contributed by atoms with Gasteiger partial charge >= 0.3 is 11.9 Å². The van der Waals surface area contributed by atoms with Gasteiger partial charge in [0, 0.05) is 20.3 Å². The number of ketones is 1. The molecule has 0 aromatic heterocycles. The van der Waals surface area contributed by atoms with Crippen LogP contribution in [-0.2, 0) is 28.6 Å². The third kappa shape index (κ3) is 1.80. The number of carbonyl (C=O) groups is 3. The van der Waals surface area contributed by atoms with Crippen molar-refractivity contribution in [2.75, 3.05) is 0 Å². The largest absolute Gasteiger partial charge is 0.459 e. The molecule has 0 aromatic carbocycles. The molecule has 1 aliphatic heterocycles. The van der Waals surface area contributed by atoms with Gasteiger partial charge in [0.1, 0.15) is 6.10 Å². The van der Waals surface area contributed by atoms with Crippen LogP contribution >= 0.6 is 0 Å². The standard InChI is InChI=1S/C10H12O6/c1-4(11)14-8-6-3-7(13)9(8)16-10(6)15-5(2)12/h6,8-10H,3H2,1-2H3/t6-,8?,9+,10-/m1/s1. The molecule has 2 rings (SSSR count). The molecular formula is C10H12O6. The molecule has 4 atom stereocenters. The highest BCUT2D eigenvalue weighted by Gasteiger charge is 2.58. The quantitative estimate of drug-likeness (QED) is 0.609. The fraction of sp³-hybridized carbons (Fsp3) is 0.700. The summed E-state index contributed by atoms with van der Waals surface area (Å²) < 4.78 is 15.1. The van der Waals surface area contributed by atoms with E-state index in [-0.39, 0.29) is 18.1 Å². The number of fused-ring (bicyclic) bond motifs is 2.